The van der Waals surface area contributed by atoms with Crippen molar-refractivity contribution in [3.05, 3.63) is 218 Å². The number of ether oxygens (including phenoxy) is 9. The van der Waals surface area contributed by atoms with Gasteiger partial charge in [-0.3, -0.25) is 48.3 Å². The molecule has 7 aromatic heterocycles. The van der Waals surface area contributed by atoms with Crippen molar-refractivity contribution in [2.24, 2.45) is 0 Å². The van der Waals surface area contributed by atoms with E-state index in [1.165, 1.54) is 124 Å². The Morgan fingerprint density at radius 2 is 0.776 bits per heavy atom. The molecule has 4 atom stereocenters. The molecule has 44 nitrogen and oxygen atoms in total. The van der Waals surface area contributed by atoms with E-state index in [1.807, 2.05) is 6.92 Å². The minimum absolute atomic E-state index is 0. The molecule has 4 aromatic carbocycles. The first-order valence-electron chi connectivity index (χ1n) is 44.3. The number of cyclic esters (lactones) is 8. The van der Waals surface area contributed by atoms with Gasteiger partial charge in [0.1, 0.15) is 128 Å². The minimum atomic E-state index is -3.67. The van der Waals surface area contributed by atoms with E-state index in [9.17, 15) is 78.3 Å². The molecule has 0 spiro atoms. The summed E-state index contributed by atoms with van der Waals surface area (Å²) in [6.07, 6.45) is 5.77. The summed E-state index contributed by atoms with van der Waals surface area (Å²) in [6, 6.07) is 35.7. The number of carbonyl (C=O) groups excluding carboxylic acids is 9. The number of benzene rings is 4. The van der Waals surface area contributed by atoms with Crippen LogP contribution < -0.4 is 101 Å². The van der Waals surface area contributed by atoms with Crippen molar-refractivity contribution in [2.75, 3.05) is 155 Å². The number of nitrogens with zero attached hydrogens (tertiary/aromatic N) is 16. The molecule has 8 saturated heterocycles. The second kappa shape index (κ2) is 50.6. The van der Waals surface area contributed by atoms with Crippen molar-refractivity contribution in [1.29, 1.82) is 0 Å². The van der Waals surface area contributed by atoms with Crippen molar-refractivity contribution >= 4 is 149 Å². The monoisotopic (exact) mass is 2150 g/mol. The van der Waals surface area contributed by atoms with Crippen LogP contribution in [-0.2, 0) is 72.4 Å². The normalized spacial score (nSPS) is 17.3. The zero-order valence-electron chi connectivity index (χ0n) is 80.4. The summed E-state index contributed by atoms with van der Waals surface area (Å²) >= 11 is 0. The molecule has 11 aromatic rings. The second-order valence-corrected chi connectivity index (χ2v) is 39.1. The number of halogens is 6. The smallest absolute Gasteiger partial charge is 0.850 e. The van der Waals surface area contributed by atoms with Gasteiger partial charge in [-0.05, 0) is 162 Å². The number of hydrogen-bond acceptors (Lipinski definition) is 35. The summed E-state index contributed by atoms with van der Waals surface area (Å²) in [5.41, 5.74) is 4.79. The average molecular weight is 2150 g/mol. The molecule has 0 saturated carbocycles. The Kier molecular flexibility index (Phi) is 39.1. The zero-order chi connectivity index (χ0) is 104. The first-order chi connectivity index (χ1) is 68.8. The molecule has 0 aliphatic carbocycles. The maximum Gasteiger partial charge on any atom is 1.00 e. The Morgan fingerprint density at radius 1 is 0.456 bits per heavy atom. The molecule has 19 rings (SSSR count). The Balaban J connectivity index is 0.000000177. The molecule has 1 N–H and O–H groups in total. The van der Waals surface area contributed by atoms with Crippen LogP contribution in [0.2, 0.25) is 0 Å². The standard InChI is InChI=1S/C26H26FN5O7.C22H19FN4O5.C19H18FN3O7S.C18H16FN3O5.C4H5NO.C4H9O.CH3ClO2S.ClH.K/c1-26(2,3)39-25(35)32(22-8-10-37-29-22)15-18-14-31(24(34)38-18)17-5-6-19(20(27)12-17)16-4-7-21(28-13-16)30-9-11-36-23(30)33;23-19-11-16(27-13-17(32-22(27)29)4-2-15-7-9-31-25-15)3-5-18(19)14-1-6-20(24-12-14)26-8-10-30-21(26)28;1-31(26,27)29-11-14-10-23(19(25)30-14)13-3-4-15(16(20)8-13)12-2-5-17(21-9-12)22-6-7-28-18(22)24;19-15-7-12(22-9-13(10-23)27-18(22)25)2-3-14(15)11-1-4-16(20-8-11)21-5-6-26-17(21)24;1-4-2-3-6-5-4;1-4(2,3)5;1-5(2,3)4;;/h4-8,10,12-13,18H,9,11,14-15H2,1-3H3;1,3,5-7,9,11-12,17H,2,4,8,10,13H2;2-5,8-9,14H,6-7,10-11H2,1H3;1-4,7-8,13,23H,5-6,9-10H2;2-3H,1H3;1-3H3;1H3;1H;/q;;;;;-1;;;+1/t18-;17-;14-;13-;;;;;/m1011...../s1. The average Bonchev–Trinajstić information content (AvgIpc) is 1.75. The van der Waals surface area contributed by atoms with Crippen molar-refractivity contribution in [3.8, 4) is 44.5 Å². The summed E-state index contributed by atoms with van der Waals surface area (Å²) in [7, 11) is -2.36. The van der Waals surface area contributed by atoms with Crippen LogP contribution in [0.1, 0.15) is 59.4 Å². The number of rotatable bonds is 22. The fourth-order valence-corrected chi connectivity index (χ4v) is 14.9. The third-order valence-corrected chi connectivity index (χ3v) is 21.7. The van der Waals surface area contributed by atoms with E-state index in [1.54, 1.807) is 145 Å². The van der Waals surface area contributed by atoms with Gasteiger partial charge >= 0.3 is 106 Å². The van der Waals surface area contributed by atoms with E-state index >= 15 is 4.39 Å². The number of aromatic nitrogens is 7. The predicted molar refractivity (Wildman–Crippen MR) is 515 cm³/mol. The van der Waals surface area contributed by atoms with Crippen LogP contribution in [0.4, 0.5) is 113 Å². The minimum Gasteiger partial charge on any atom is -0.850 e. The van der Waals surface area contributed by atoms with Crippen molar-refractivity contribution in [2.45, 2.75) is 96.9 Å². The predicted octanol–water partition coefficient (Wildman–Crippen LogP) is 11.4. The van der Waals surface area contributed by atoms with E-state index < -0.39 is 127 Å². The third kappa shape index (κ3) is 31.9. The summed E-state index contributed by atoms with van der Waals surface area (Å²) in [5.74, 6) is -0.263. The SMILES string of the molecule is CC(C)(C)OC(=O)N(C[C@H]1CN(c2ccc(-c3ccc(N4CCOC4=O)nc3)c(F)c2)C(=O)O1)c1ccon1.CC(C)(C)[O-].CS(=O)(=O)Cl.CS(=O)(=O)OC[C@H]1CN(c2ccc(-c3ccc(N4CCOC4=O)nc3)c(F)c2)C(=O)O1.Cc1ccon1.Cl.O=C1O[C@@H](CCc2ccon2)CN1c1ccc(-c2ccc(N3CCOC3=O)nc2)c(F)c1.O=C1O[C@@H](CO)CN1c1ccc(-c2ccc(N3CCOC3=O)nc2)c(F)c1.[K+]. The fraction of sp³-hybridized carbons (Fsp3) is 0.340. The molecule has 9 amide bonds. The Bertz CT molecular complexity index is 6670. The van der Waals surface area contributed by atoms with Gasteiger partial charge in [-0.25, -0.2) is 89.1 Å². The zero-order valence-corrected chi connectivity index (χ0v) is 86.7. The summed E-state index contributed by atoms with van der Waals surface area (Å²) < 4.78 is 165. The maximum atomic E-state index is 15.2. The molecule has 8 fully saturated rings. The first-order valence-corrected chi connectivity index (χ1v) is 48.8. The number of hydrogen-bond donors (Lipinski definition) is 1. The van der Waals surface area contributed by atoms with E-state index in [2.05, 4.69) is 54.8 Å². The second-order valence-electron chi connectivity index (χ2n) is 34.4. The quantitative estimate of drug-likeness (QED) is 0.0216. The maximum absolute atomic E-state index is 15.2. The summed E-state index contributed by atoms with van der Waals surface area (Å²) in [4.78, 5) is 137. The molecule has 53 heteroatoms. The Morgan fingerprint density at radius 3 is 1.05 bits per heavy atom. The van der Waals surface area contributed by atoms with Gasteiger partial charge in [0.2, 0.25) is 9.05 Å². The van der Waals surface area contributed by atoms with Crippen LogP contribution in [0, 0.1) is 30.2 Å². The van der Waals surface area contributed by atoms with E-state index in [0.29, 0.717) is 139 Å². The Labute approximate surface area is 891 Å². The third-order valence-electron chi connectivity index (χ3n) is 21.1. The molecule has 0 bridgehead atoms. The largest absolute Gasteiger partial charge is 1.00 e. The number of aryl methyl sites for hydroxylation is 2. The van der Waals surface area contributed by atoms with Crippen LogP contribution in [0.5, 0.6) is 0 Å². The first kappa shape index (κ1) is 114. The molecule has 776 valence electrons. The van der Waals surface area contributed by atoms with Gasteiger partial charge in [-0.2, -0.15) is 8.42 Å². The summed E-state index contributed by atoms with van der Waals surface area (Å²) in [6.45, 7) is 14.8. The van der Waals surface area contributed by atoms with Crippen LogP contribution >= 0.6 is 23.1 Å². The van der Waals surface area contributed by atoms with Crippen molar-refractivity contribution in [1.82, 2.24) is 35.4 Å². The van der Waals surface area contributed by atoms with E-state index in [0.717, 1.165) is 23.9 Å². The number of aliphatic hydroxyl groups is 1. The molecule has 0 radical (unpaired) electrons. The van der Waals surface area contributed by atoms with Crippen molar-refractivity contribution in [3.63, 3.8) is 0 Å². The van der Waals surface area contributed by atoms with Crippen LogP contribution in [0.25, 0.3) is 44.5 Å². The number of anilines is 9. The molecular weight excluding hydrogens is 2050 g/mol. The number of aliphatic hydroxyl groups excluding tert-OH is 1. The van der Waals surface area contributed by atoms with Gasteiger partial charge in [-0.1, -0.05) is 36.2 Å². The fourth-order valence-electron chi connectivity index (χ4n) is 14.5. The van der Waals surface area contributed by atoms with Gasteiger partial charge in [0.15, 0.2) is 5.82 Å². The number of carbonyl (C=O) groups is 9. The van der Waals surface area contributed by atoms with E-state index in [4.69, 9.17) is 56.8 Å². The number of amides is 9. The molecule has 8 aliphatic rings. The Hall–Kier alpha value is -13.7. The van der Waals surface area contributed by atoms with E-state index in [-0.39, 0.29) is 139 Å². The van der Waals surface area contributed by atoms with Gasteiger partial charge < -0.3 is 66.4 Å². The van der Waals surface area contributed by atoms with Crippen LogP contribution in [-0.4, -0.2) is 259 Å². The molecule has 147 heavy (non-hydrogen) atoms. The molecule has 15 heterocycles. The molecule has 0 unspecified atom stereocenters. The number of pyridine rings is 4. The van der Waals surface area contributed by atoms with Gasteiger partial charge in [0.25, 0.3) is 10.1 Å². The molecular formula is C94H97Cl2F4KN16O28S2. The van der Waals surface area contributed by atoms with Gasteiger partial charge in [0, 0.05) is 98.2 Å². The summed E-state index contributed by atoms with van der Waals surface area (Å²) in [5, 5.41) is 30.4. The van der Waals surface area contributed by atoms with Crippen molar-refractivity contribution < 1.29 is 200 Å². The molecule has 8 aliphatic heterocycles. The van der Waals surface area contributed by atoms with Gasteiger partial charge in [0.05, 0.1) is 112 Å². The van der Waals surface area contributed by atoms with Crippen LogP contribution in [0.3, 0.4) is 0 Å². The van der Waals surface area contributed by atoms with Gasteiger partial charge in [-0.15, -0.1) is 18.0 Å². The topological polar surface area (TPSA) is 516 Å². The van der Waals surface area contributed by atoms with Crippen LogP contribution in [0.15, 0.2) is 197 Å².